The van der Waals surface area contributed by atoms with Gasteiger partial charge in [-0.15, -0.1) is 0 Å². The molecule has 0 aromatic carbocycles. The van der Waals surface area contributed by atoms with Crippen LogP contribution in [0.15, 0.2) is 0 Å². The Morgan fingerprint density at radius 2 is 2.10 bits per heavy atom. The quantitative estimate of drug-likeness (QED) is 0.582. The molecule has 8 heteroatoms. The van der Waals surface area contributed by atoms with E-state index in [0.29, 0.717) is 6.54 Å². The molecule has 4 N–H and O–H groups in total. The number of likely N-dealkylation sites (tertiary alicyclic amines) is 1. The van der Waals surface area contributed by atoms with Crippen LogP contribution in [0.1, 0.15) is 19.3 Å². The van der Waals surface area contributed by atoms with E-state index in [4.69, 9.17) is 10.8 Å². The summed E-state index contributed by atoms with van der Waals surface area (Å²) in [5, 5.41) is 11.3. The minimum absolute atomic E-state index is 0.0630. The molecule has 0 aliphatic carbocycles. The van der Waals surface area contributed by atoms with Crippen molar-refractivity contribution >= 4 is 17.9 Å². The molecule has 0 saturated carbocycles. The first-order chi connectivity index (χ1) is 9.31. The molecule has 1 fully saturated rings. The Labute approximate surface area is 117 Å². The molecule has 1 rings (SSSR count). The van der Waals surface area contributed by atoms with Gasteiger partial charge in [-0.1, -0.05) is 0 Å². The summed E-state index contributed by atoms with van der Waals surface area (Å²) >= 11 is 0. The van der Waals surface area contributed by atoms with Crippen LogP contribution in [0, 0.1) is 0 Å². The third-order valence-electron chi connectivity index (χ3n) is 3.22. The minimum atomic E-state index is -1.28. The number of urea groups is 1. The predicted molar refractivity (Wildman–Crippen MR) is 72.0 cm³/mol. The molecule has 1 saturated heterocycles. The molecular weight excluding hydrogens is 264 g/mol. The van der Waals surface area contributed by atoms with E-state index in [9.17, 15) is 14.4 Å². The monoisotopic (exact) mass is 286 g/mol. The third-order valence-corrected chi connectivity index (χ3v) is 3.22. The van der Waals surface area contributed by atoms with Gasteiger partial charge in [0.25, 0.3) is 0 Å². The van der Waals surface area contributed by atoms with Gasteiger partial charge in [-0.3, -0.25) is 4.79 Å². The highest BCUT2D eigenvalue weighted by molar-refractivity contribution is 5.87. The summed E-state index contributed by atoms with van der Waals surface area (Å²) in [6.45, 7) is 1.31. The zero-order chi connectivity index (χ0) is 15.3. The first-order valence-electron chi connectivity index (χ1n) is 6.54. The number of aliphatic carboxylic acids is 1. The summed E-state index contributed by atoms with van der Waals surface area (Å²) in [6.07, 6.45) is 1.37. The van der Waals surface area contributed by atoms with Gasteiger partial charge in [0.1, 0.15) is 6.04 Å². The lowest BCUT2D eigenvalue weighted by molar-refractivity contribution is -0.141. The van der Waals surface area contributed by atoms with Crippen LogP contribution in [0.4, 0.5) is 4.79 Å². The van der Waals surface area contributed by atoms with Crippen molar-refractivity contribution in [2.45, 2.75) is 31.3 Å². The summed E-state index contributed by atoms with van der Waals surface area (Å²) in [6, 6.07) is -1.67. The number of hydrogen-bond acceptors (Lipinski definition) is 4. The van der Waals surface area contributed by atoms with E-state index in [1.165, 1.54) is 0 Å². The van der Waals surface area contributed by atoms with Gasteiger partial charge in [0.2, 0.25) is 5.91 Å². The number of nitrogens with one attached hydrogen (secondary N) is 1. The second-order valence-electron chi connectivity index (χ2n) is 5.26. The Morgan fingerprint density at radius 3 is 2.60 bits per heavy atom. The van der Waals surface area contributed by atoms with E-state index in [1.807, 2.05) is 19.0 Å². The number of amides is 3. The molecule has 1 heterocycles. The summed E-state index contributed by atoms with van der Waals surface area (Å²) in [5.41, 5.74) is 4.98. The van der Waals surface area contributed by atoms with Crippen LogP contribution in [-0.2, 0) is 9.59 Å². The summed E-state index contributed by atoms with van der Waals surface area (Å²) in [7, 11) is 3.84. The Hall–Kier alpha value is -1.83. The molecule has 20 heavy (non-hydrogen) atoms. The fourth-order valence-corrected chi connectivity index (χ4v) is 2.35. The summed E-state index contributed by atoms with van der Waals surface area (Å²) < 4.78 is 0. The van der Waals surface area contributed by atoms with Crippen molar-refractivity contribution in [2.75, 3.05) is 27.2 Å². The SMILES string of the molecule is CN(C)CC1CCCN1C(=O)NC(CC(N)=O)C(=O)O. The number of rotatable bonds is 6. The molecule has 2 atom stereocenters. The average Bonchev–Trinajstić information content (AvgIpc) is 2.74. The third kappa shape index (κ3) is 4.69. The second-order valence-corrected chi connectivity index (χ2v) is 5.26. The van der Waals surface area contributed by atoms with Crippen molar-refractivity contribution < 1.29 is 19.5 Å². The fourth-order valence-electron chi connectivity index (χ4n) is 2.35. The van der Waals surface area contributed by atoms with Gasteiger partial charge in [0.05, 0.1) is 6.42 Å². The Bertz CT molecular complexity index is 386. The molecule has 0 bridgehead atoms. The number of carboxylic acids is 1. The molecule has 0 aromatic heterocycles. The molecule has 1 aliphatic rings. The van der Waals surface area contributed by atoms with Crippen LogP contribution < -0.4 is 11.1 Å². The molecular formula is C12H22N4O4. The van der Waals surface area contributed by atoms with E-state index in [2.05, 4.69) is 5.32 Å². The average molecular weight is 286 g/mol. The Balaban J connectivity index is 2.63. The van der Waals surface area contributed by atoms with E-state index in [0.717, 1.165) is 19.4 Å². The maximum atomic E-state index is 12.1. The highest BCUT2D eigenvalue weighted by Gasteiger charge is 2.31. The number of carbonyl (C=O) groups is 3. The highest BCUT2D eigenvalue weighted by atomic mass is 16.4. The smallest absolute Gasteiger partial charge is 0.326 e. The van der Waals surface area contributed by atoms with Crippen molar-refractivity contribution in [1.82, 2.24) is 15.1 Å². The van der Waals surface area contributed by atoms with E-state index in [-0.39, 0.29) is 6.04 Å². The largest absolute Gasteiger partial charge is 0.480 e. The van der Waals surface area contributed by atoms with Crippen LogP contribution in [0.5, 0.6) is 0 Å². The van der Waals surface area contributed by atoms with E-state index >= 15 is 0 Å². The Kier molecular flexibility index (Phi) is 5.75. The van der Waals surface area contributed by atoms with Crippen LogP contribution in [-0.4, -0.2) is 72.1 Å². The number of hydrogen-bond donors (Lipinski definition) is 3. The number of nitrogens with zero attached hydrogens (tertiary/aromatic N) is 2. The zero-order valence-electron chi connectivity index (χ0n) is 11.8. The predicted octanol–water partition coefficient (Wildman–Crippen LogP) is -0.949. The van der Waals surface area contributed by atoms with Crippen molar-refractivity contribution in [1.29, 1.82) is 0 Å². The van der Waals surface area contributed by atoms with Crippen LogP contribution in [0.3, 0.4) is 0 Å². The van der Waals surface area contributed by atoms with Gasteiger partial charge in [-0.05, 0) is 26.9 Å². The van der Waals surface area contributed by atoms with Gasteiger partial charge in [0, 0.05) is 19.1 Å². The normalized spacial score (nSPS) is 19.9. The second kappa shape index (κ2) is 7.09. The van der Waals surface area contributed by atoms with Gasteiger partial charge in [0.15, 0.2) is 0 Å². The van der Waals surface area contributed by atoms with Gasteiger partial charge >= 0.3 is 12.0 Å². The van der Waals surface area contributed by atoms with Crippen molar-refractivity contribution in [3.63, 3.8) is 0 Å². The molecule has 2 unspecified atom stereocenters. The lowest BCUT2D eigenvalue weighted by Gasteiger charge is -2.28. The number of primary amides is 1. The number of carbonyl (C=O) groups excluding carboxylic acids is 2. The summed E-state index contributed by atoms with van der Waals surface area (Å²) in [5.74, 6) is -2.02. The fraction of sp³-hybridized carbons (Fsp3) is 0.750. The first-order valence-corrected chi connectivity index (χ1v) is 6.54. The van der Waals surface area contributed by atoms with Crippen molar-refractivity contribution in [3.05, 3.63) is 0 Å². The molecule has 0 spiro atoms. The lowest BCUT2D eigenvalue weighted by atomic mass is 10.2. The lowest BCUT2D eigenvalue weighted by Crippen LogP contribution is -2.52. The maximum absolute atomic E-state index is 12.1. The highest BCUT2D eigenvalue weighted by Crippen LogP contribution is 2.17. The van der Waals surface area contributed by atoms with Gasteiger partial charge < -0.3 is 26.0 Å². The van der Waals surface area contributed by atoms with Gasteiger partial charge in [-0.25, -0.2) is 9.59 Å². The summed E-state index contributed by atoms with van der Waals surface area (Å²) in [4.78, 5) is 37.5. The number of likely N-dealkylation sites (N-methyl/N-ethyl adjacent to an activating group) is 1. The van der Waals surface area contributed by atoms with Crippen LogP contribution in [0.25, 0.3) is 0 Å². The van der Waals surface area contributed by atoms with Gasteiger partial charge in [-0.2, -0.15) is 0 Å². The first kappa shape index (κ1) is 16.2. The van der Waals surface area contributed by atoms with Crippen molar-refractivity contribution in [2.24, 2.45) is 5.73 Å². The molecule has 114 valence electrons. The zero-order valence-corrected chi connectivity index (χ0v) is 11.8. The molecule has 3 amide bonds. The molecule has 8 nitrogen and oxygen atoms in total. The van der Waals surface area contributed by atoms with Crippen LogP contribution >= 0.6 is 0 Å². The van der Waals surface area contributed by atoms with Crippen molar-refractivity contribution in [3.8, 4) is 0 Å². The Morgan fingerprint density at radius 1 is 1.45 bits per heavy atom. The number of nitrogens with two attached hydrogens (primary N) is 1. The molecule has 1 aliphatic heterocycles. The molecule has 0 radical (unpaired) electrons. The number of carboxylic acid groups (broad SMARTS) is 1. The standard InChI is InChI=1S/C12H22N4O4/c1-15(2)7-8-4-3-5-16(8)12(20)14-9(11(18)19)6-10(13)17/h8-9H,3-7H2,1-2H3,(H2,13,17)(H,14,20)(H,18,19). The topological polar surface area (TPSA) is 116 Å². The maximum Gasteiger partial charge on any atom is 0.326 e. The van der Waals surface area contributed by atoms with E-state index in [1.54, 1.807) is 4.90 Å². The van der Waals surface area contributed by atoms with E-state index < -0.39 is 30.4 Å². The minimum Gasteiger partial charge on any atom is -0.480 e. The van der Waals surface area contributed by atoms with Crippen LogP contribution in [0.2, 0.25) is 0 Å². The molecule has 0 aromatic rings.